The van der Waals surface area contributed by atoms with E-state index in [1.807, 2.05) is 30.8 Å². The lowest BCUT2D eigenvalue weighted by Gasteiger charge is -2.01. The molecule has 1 aromatic rings. The normalized spacial score (nSPS) is 10.3. The highest BCUT2D eigenvalue weighted by atomic mass is 16.5. The third-order valence-corrected chi connectivity index (χ3v) is 2.64. The Morgan fingerprint density at radius 2 is 2.31 bits per heavy atom. The van der Waals surface area contributed by atoms with Crippen LogP contribution in [0.4, 0.5) is 0 Å². The number of ether oxygens (including phenoxy) is 1. The maximum atomic E-state index is 8.63. The Balaban J connectivity index is 2.34. The van der Waals surface area contributed by atoms with Crippen molar-refractivity contribution in [1.82, 2.24) is 4.57 Å². The van der Waals surface area contributed by atoms with Crippen molar-refractivity contribution in [3.05, 3.63) is 18.2 Å². The van der Waals surface area contributed by atoms with Crippen molar-refractivity contribution < 1.29 is 9.30 Å². The molecule has 0 N–H and O–H groups in total. The van der Waals surface area contributed by atoms with Gasteiger partial charge >= 0.3 is 0 Å². The lowest BCUT2D eigenvalue weighted by molar-refractivity contribution is -0.702. The molecule has 0 atom stereocenters. The Labute approximate surface area is 97.1 Å². The molecule has 4 nitrogen and oxygen atoms in total. The summed E-state index contributed by atoms with van der Waals surface area (Å²) in [4.78, 5) is 0. The van der Waals surface area contributed by atoms with Crippen LogP contribution in [0.15, 0.2) is 12.4 Å². The SMILES string of the molecule is CCOCCCC[n+]1ccn(CC#N)c1C. The minimum Gasteiger partial charge on any atom is -0.382 e. The van der Waals surface area contributed by atoms with Crippen LogP contribution in [0.1, 0.15) is 25.6 Å². The lowest BCUT2D eigenvalue weighted by atomic mass is 10.3. The van der Waals surface area contributed by atoms with Crippen molar-refractivity contribution in [2.75, 3.05) is 13.2 Å². The Bertz CT molecular complexity index is 352. The number of nitriles is 1. The van der Waals surface area contributed by atoms with Crippen LogP contribution in [-0.4, -0.2) is 17.8 Å². The summed E-state index contributed by atoms with van der Waals surface area (Å²) >= 11 is 0. The Hall–Kier alpha value is -1.34. The number of imidazole rings is 1. The van der Waals surface area contributed by atoms with E-state index in [-0.39, 0.29) is 0 Å². The summed E-state index contributed by atoms with van der Waals surface area (Å²) in [7, 11) is 0. The molecule has 0 aliphatic carbocycles. The first-order chi connectivity index (χ1) is 7.79. The predicted molar refractivity (Wildman–Crippen MR) is 60.7 cm³/mol. The lowest BCUT2D eigenvalue weighted by Crippen LogP contribution is -2.35. The molecule has 0 fully saturated rings. The number of aryl methyl sites for hydroxylation is 1. The van der Waals surface area contributed by atoms with E-state index in [0.717, 1.165) is 38.4 Å². The van der Waals surface area contributed by atoms with Gasteiger partial charge in [-0.25, -0.2) is 9.13 Å². The first-order valence-electron chi connectivity index (χ1n) is 5.79. The second kappa shape index (κ2) is 7.02. The number of aromatic nitrogens is 2. The van der Waals surface area contributed by atoms with Gasteiger partial charge in [0.2, 0.25) is 0 Å². The van der Waals surface area contributed by atoms with Crippen molar-refractivity contribution in [2.45, 2.75) is 39.8 Å². The van der Waals surface area contributed by atoms with E-state index < -0.39 is 0 Å². The van der Waals surface area contributed by atoms with E-state index in [4.69, 9.17) is 10.00 Å². The average molecular weight is 222 g/mol. The van der Waals surface area contributed by atoms with E-state index in [0.29, 0.717) is 6.54 Å². The first-order valence-corrected chi connectivity index (χ1v) is 5.79. The highest BCUT2D eigenvalue weighted by Crippen LogP contribution is 1.96. The quantitative estimate of drug-likeness (QED) is 0.517. The molecule has 0 aliphatic rings. The van der Waals surface area contributed by atoms with Crippen molar-refractivity contribution >= 4 is 0 Å². The van der Waals surface area contributed by atoms with Gasteiger partial charge < -0.3 is 4.74 Å². The standard InChI is InChI=1S/C12H20N3O/c1-3-16-11-5-4-7-14-9-10-15(8-6-13)12(14)2/h9-10H,3-5,7-8,11H2,1-2H3/q+1. The van der Waals surface area contributed by atoms with Gasteiger partial charge in [0.05, 0.1) is 6.54 Å². The van der Waals surface area contributed by atoms with Gasteiger partial charge in [-0.05, 0) is 19.8 Å². The van der Waals surface area contributed by atoms with Gasteiger partial charge in [0.1, 0.15) is 18.5 Å². The monoisotopic (exact) mass is 222 g/mol. The van der Waals surface area contributed by atoms with Crippen LogP contribution in [0.25, 0.3) is 0 Å². The highest BCUT2D eigenvalue weighted by Gasteiger charge is 2.10. The van der Waals surface area contributed by atoms with E-state index in [1.54, 1.807) is 0 Å². The Kier molecular flexibility index (Phi) is 5.58. The van der Waals surface area contributed by atoms with Gasteiger partial charge in [-0.3, -0.25) is 0 Å². The molecule has 0 aromatic carbocycles. The summed E-state index contributed by atoms with van der Waals surface area (Å²) in [6, 6.07) is 2.15. The van der Waals surface area contributed by atoms with Crippen LogP contribution < -0.4 is 4.57 Å². The van der Waals surface area contributed by atoms with Gasteiger partial charge in [-0.2, -0.15) is 5.26 Å². The summed E-state index contributed by atoms with van der Waals surface area (Å²) in [5, 5.41) is 8.63. The van der Waals surface area contributed by atoms with Crippen LogP contribution in [-0.2, 0) is 17.8 Å². The van der Waals surface area contributed by atoms with Crippen molar-refractivity contribution in [2.24, 2.45) is 0 Å². The second-order valence-electron chi connectivity index (χ2n) is 3.73. The molecule has 0 radical (unpaired) electrons. The predicted octanol–water partition coefficient (Wildman–Crippen LogP) is 1.42. The number of rotatable bonds is 7. The van der Waals surface area contributed by atoms with E-state index in [1.165, 1.54) is 0 Å². The molecule has 0 bridgehead atoms. The van der Waals surface area contributed by atoms with E-state index in [2.05, 4.69) is 10.6 Å². The van der Waals surface area contributed by atoms with Gasteiger partial charge in [0.25, 0.3) is 5.82 Å². The topological polar surface area (TPSA) is 41.8 Å². The fourth-order valence-corrected chi connectivity index (χ4v) is 1.65. The first kappa shape index (κ1) is 12.7. The zero-order chi connectivity index (χ0) is 11.8. The van der Waals surface area contributed by atoms with Gasteiger partial charge in [0.15, 0.2) is 6.54 Å². The molecule has 1 rings (SSSR count). The fourth-order valence-electron chi connectivity index (χ4n) is 1.65. The average Bonchev–Trinajstić information content (AvgIpc) is 2.62. The van der Waals surface area contributed by atoms with E-state index in [9.17, 15) is 0 Å². The minimum atomic E-state index is 0.428. The highest BCUT2D eigenvalue weighted by molar-refractivity contribution is 4.84. The molecule has 0 amide bonds. The summed E-state index contributed by atoms with van der Waals surface area (Å²) in [6.45, 7) is 7.12. The maximum absolute atomic E-state index is 8.63. The number of hydrogen-bond donors (Lipinski definition) is 0. The summed E-state index contributed by atoms with van der Waals surface area (Å²) in [5.74, 6) is 1.14. The smallest absolute Gasteiger partial charge is 0.254 e. The number of hydrogen-bond acceptors (Lipinski definition) is 2. The Morgan fingerprint density at radius 3 is 3.00 bits per heavy atom. The van der Waals surface area contributed by atoms with E-state index >= 15 is 0 Å². The Morgan fingerprint density at radius 1 is 1.50 bits per heavy atom. The molecular weight excluding hydrogens is 202 g/mol. The van der Waals surface area contributed by atoms with Crippen LogP contribution >= 0.6 is 0 Å². The summed E-state index contributed by atoms with van der Waals surface area (Å²) in [5.41, 5.74) is 0. The molecular formula is C12H20N3O+. The third-order valence-electron chi connectivity index (χ3n) is 2.64. The van der Waals surface area contributed by atoms with Gasteiger partial charge in [0, 0.05) is 20.1 Å². The molecule has 0 saturated carbocycles. The minimum absolute atomic E-state index is 0.428. The van der Waals surface area contributed by atoms with Crippen molar-refractivity contribution in [3.63, 3.8) is 0 Å². The zero-order valence-electron chi connectivity index (χ0n) is 10.1. The van der Waals surface area contributed by atoms with Gasteiger partial charge in [-0.1, -0.05) is 0 Å². The second-order valence-corrected chi connectivity index (χ2v) is 3.73. The largest absolute Gasteiger partial charge is 0.382 e. The van der Waals surface area contributed by atoms with Gasteiger partial charge in [-0.15, -0.1) is 0 Å². The maximum Gasteiger partial charge on any atom is 0.254 e. The zero-order valence-corrected chi connectivity index (χ0v) is 10.1. The van der Waals surface area contributed by atoms with Crippen molar-refractivity contribution in [3.8, 4) is 6.07 Å². The molecule has 0 spiro atoms. The molecule has 1 aromatic heterocycles. The molecule has 0 saturated heterocycles. The van der Waals surface area contributed by atoms with Crippen LogP contribution in [0.5, 0.6) is 0 Å². The molecule has 4 heteroatoms. The molecule has 0 unspecified atom stereocenters. The van der Waals surface area contributed by atoms with Crippen molar-refractivity contribution in [1.29, 1.82) is 5.26 Å². The fraction of sp³-hybridized carbons (Fsp3) is 0.667. The third kappa shape index (κ3) is 3.67. The summed E-state index contributed by atoms with van der Waals surface area (Å²) in [6.07, 6.45) is 6.19. The van der Waals surface area contributed by atoms with Crippen LogP contribution in [0.2, 0.25) is 0 Å². The molecule has 16 heavy (non-hydrogen) atoms. The molecule has 88 valence electrons. The molecule has 0 aliphatic heterocycles. The molecule has 1 heterocycles. The number of unbranched alkanes of at least 4 members (excludes halogenated alkanes) is 1. The number of nitrogens with zero attached hydrogens (tertiary/aromatic N) is 3. The summed E-state index contributed by atoms with van der Waals surface area (Å²) < 4.78 is 9.43. The van der Waals surface area contributed by atoms with Crippen LogP contribution in [0, 0.1) is 18.3 Å². The van der Waals surface area contributed by atoms with Crippen LogP contribution in [0.3, 0.4) is 0 Å².